The number of hydrogen-bond acceptors (Lipinski definition) is 4. The monoisotopic (exact) mass is 330 g/mol. The molecule has 0 heterocycles. The van der Waals surface area contributed by atoms with Crippen LogP contribution >= 0.6 is 15.9 Å². The van der Waals surface area contributed by atoms with Gasteiger partial charge in [0.1, 0.15) is 5.75 Å². The number of hydrogen-bond donors (Lipinski definition) is 2. The minimum absolute atomic E-state index is 0.216. The van der Waals surface area contributed by atoms with Crippen molar-refractivity contribution in [3.05, 3.63) is 28.2 Å². The zero-order valence-electron chi connectivity index (χ0n) is 11.8. The van der Waals surface area contributed by atoms with E-state index in [9.17, 15) is 0 Å². The Morgan fingerprint density at radius 1 is 1.37 bits per heavy atom. The predicted octanol–water partition coefficient (Wildman–Crippen LogP) is 2.50. The largest absolute Gasteiger partial charge is 0.497 e. The van der Waals surface area contributed by atoms with E-state index in [0.29, 0.717) is 5.92 Å². The van der Waals surface area contributed by atoms with Crippen LogP contribution in [0, 0.1) is 5.92 Å². The summed E-state index contributed by atoms with van der Waals surface area (Å²) in [5, 5.41) is 0. The normalized spacial score (nSPS) is 14.2. The van der Waals surface area contributed by atoms with Gasteiger partial charge in [-0.2, -0.15) is 0 Å². The Labute approximate surface area is 123 Å². The molecule has 0 amide bonds. The van der Waals surface area contributed by atoms with Crippen molar-refractivity contribution in [2.24, 2.45) is 11.8 Å². The van der Waals surface area contributed by atoms with Crippen molar-refractivity contribution >= 4 is 15.9 Å². The number of halogens is 1. The Balaban J connectivity index is 2.69. The van der Waals surface area contributed by atoms with Crippen LogP contribution in [0.5, 0.6) is 5.75 Å². The summed E-state index contributed by atoms with van der Waals surface area (Å²) >= 11 is 3.57. The number of methoxy groups -OCH3 is 2. The molecule has 0 saturated carbocycles. The zero-order chi connectivity index (χ0) is 14.3. The molecule has 3 N–H and O–H groups in total. The summed E-state index contributed by atoms with van der Waals surface area (Å²) in [5.41, 5.74) is 4.07. The number of ether oxygens (including phenoxy) is 2. The predicted molar refractivity (Wildman–Crippen MR) is 81.2 cm³/mol. The SMILES string of the molecule is COCC(C)CC(Cc1cc(OC)ccc1Br)NN. The maximum absolute atomic E-state index is 5.65. The van der Waals surface area contributed by atoms with Gasteiger partial charge in [-0.1, -0.05) is 22.9 Å². The van der Waals surface area contributed by atoms with Crippen LogP contribution in [0.4, 0.5) is 0 Å². The lowest BCUT2D eigenvalue weighted by Crippen LogP contribution is -2.38. The number of nitrogens with one attached hydrogen (secondary N) is 1. The highest BCUT2D eigenvalue weighted by atomic mass is 79.9. The van der Waals surface area contributed by atoms with E-state index in [4.69, 9.17) is 15.3 Å². The Kier molecular flexibility index (Phi) is 7.38. The van der Waals surface area contributed by atoms with Crippen LogP contribution in [-0.4, -0.2) is 26.9 Å². The molecule has 0 radical (unpaired) electrons. The summed E-state index contributed by atoms with van der Waals surface area (Å²) in [6.45, 7) is 2.91. The highest BCUT2D eigenvalue weighted by Gasteiger charge is 2.14. The van der Waals surface area contributed by atoms with Gasteiger partial charge in [-0.05, 0) is 42.5 Å². The van der Waals surface area contributed by atoms with Crippen LogP contribution in [0.2, 0.25) is 0 Å². The topological polar surface area (TPSA) is 56.5 Å². The van der Waals surface area contributed by atoms with Gasteiger partial charge in [0.2, 0.25) is 0 Å². The first kappa shape index (κ1) is 16.4. The van der Waals surface area contributed by atoms with E-state index in [1.807, 2.05) is 18.2 Å². The molecule has 0 aliphatic heterocycles. The van der Waals surface area contributed by atoms with Gasteiger partial charge < -0.3 is 9.47 Å². The average molecular weight is 331 g/mol. The van der Waals surface area contributed by atoms with E-state index >= 15 is 0 Å². The van der Waals surface area contributed by atoms with Gasteiger partial charge in [0, 0.05) is 24.2 Å². The molecule has 5 heteroatoms. The van der Waals surface area contributed by atoms with E-state index in [1.54, 1.807) is 14.2 Å². The number of benzene rings is 1. The highest BCUT2D eigenvalue weighted by Crippen LogP contribution is 2.24. The first-order valence-electron chi connectivity index (χ1n) is 6.38. The molecule has 2 unspecified atom stereocenters. The van der Waals surface area contributed by atoms with Crippen molar-refractivity contribution in [2.45, 2.75) is 25.8 Å². The van der Waals surface area contributed by atoms with E-state index in [1.165, 1.54) is 5.56 Å². The first-order valence-corrected chi connectivity index (χ1v) is 7.17. The van der Waals surface area contributed by atoms with Gasteiger partial charge >= 0.3 is 0 Å². The lowest BCUT2D eigenvalue weighted by Gasteiger charge is -2.20. The summed E-state index contributed by atoms with van der Waals surface area (Å²) < 4.78 is 11.5. The molecule has 1 rings (SSSR count). The fraction of sp³-hybridized carbons (Fsp3) is 0.571. The lowest BCUT2D eigenvalue weighted by molar-refractivity contribution is 0.149. The second-order valence-electron chi connectivity index (χ2n) is 4.82. The van der Waals surface area contributed by atoms with Crippen LogP contribution in [0.25, 0.3) is 0 Å². The third-order valence-corrected chi connectivity index (χ3v) is 3.87. The lowest BCUT2D eigenvalue weighted by atomic mass is 9.97. The first-order chi connectivity index (χ1) is 9.10. The molecule has 19 heavy (non-hydrogen) atoms. The van der Waals surface area contributed by atoms with Crippen molar-refractivity contribution in [2.75, 3.05) is 20.8 Å². The van der Waals surface area contributed by atoms with Crippen LogP contribution < -0.4 is 16.0 Å². The molecule has 1 aromatic rings. The number of rotatable bonds is 8. The quantitative estimate of drug-likeness (QED) is 0.568. The van der Waals surface area contributed by atoms with Gasteiger partial charge in [-0.25, -0.2) is 0 Å². The van der Waals surface area contributed by atoms with Gasteiger partial charge in [-0.15, -0.1) is 0 Å². The minimum Gasteiger partial charge on any atom is -0.497 e. The summed E-state index contributed by atoms with van der Waals surface area (Å²) in [6.07, 6.45) is 1.82. The minimum atomic E-state index is 0.216. The van der Waals surface area contributed by atoms with Crippen LogP contribution in [0.3, 0.4) is 0 Å². The second kappa shape index (κ2) is 8.53. The standard InChI is InChI=1S/C14H23BrN2O2/c1-10(9-18-2)6-12(17-16)7-11-8-13(19-3)4-5-14(11)15/h4-5,8,10,12,17H,6-7,9,16H2,1-3H3. The van der Waals surface area contributed by atoms with Gasteiger partial charge in [0.25, 0.3) is 0 Å². The van der Waals surface area contributed by atoms with Gasteiger partial charge in [-0.3, -0.25) is 11.3 Å². The summed E-state index contributed by atoms with van der Waals surface area (Å²) in [5.74, 6) is 6.98. The van der Waals surface area contributed by atoms with Crippen LogP contribution in [-0.2, 0) is 11.2 Å². The van der Waals surface area contributed by atoms with Crippen molar-refractivity contribution < 1.29 is 9.47 Å². The third-order valence-electron chi connectivity index (χ3n) is 3.09. The maximum atomic E-state index is 5.65. The molecule has 108 valence electrons. The molecule has 0 fully saturated rings. The fourth-order valence-corrected chi connectivity index (χ4v) is 2.56. The summed E-state index contributed by atoms with van der Waals surface area (Å²) in [6, 6.07) is 6.19. The van der Waals surface area contributed by atoms with E-state index in [2.05, 4.69) is 28.3 Å². The van der Waals surface area contributed by atoms with E-state index in [0.717, 1.165) is 29.7 Å². The average Bonchev–Trinajstić information content (AvgIpc) is 2.40. The maximum Gasteiger partial charge on any atom is 0.119 e. The van der Waals surface area contributed by atoms with Crippen molar-refractivity contribution in [1.29, 1.82) is 0 Å². The Morgan fingerprint density at radius 3 is 2.68 bits per heavy atom. The summed E-state index contributed by atoms with van der Waals surface area (Å²) in [7, 11) is 3.40. The van der Waals surface area contributed by atoms with Crippen LogP contribution in [0.15, 0.2) is 22.7 Å². The molecule has 0 bridgehead atoms. The number of nitrogens with two attached hydrogens (primary N) is 1. The van der Waals surface area contributed by atoms with Crippen LogP contribution in [0.1, 0.15) is 18.9 Å². The van der Waals surface area contributed by atoms with E-state index < -0.39 is 0 Å². The zero-order valence-corrected chi connectivity index (χ0v) is 13.4. The Morgan fingerprint density at radius 2 is 2.11 bits per heavy atom. The molecule has 0 aliphatic carbocycles. The van der Waals surface area contributed by atoms with Gasteiger partial charge in [0.05, 0.1) is 7.11 Å². The molecular formula is C14H23BrN2O2. The molecule has 0 aliphatic rings. The van der Waals surface area contributed by atoms with Crippen molar-refractivity contribution in [3.63, 3.8) is 0 Å². The highest BCUT2D eigenvalue weighted by molar-refractivity contribution is 9.10. The molecule has 0 saturated heterocycles. The van der Waals surface area contributed by atoms with E-state index in [-0.39, 0.29) is 6.04 Å². The van der Waals surface area contributed by atoms with Crippen molar-refractivity contribution in [3.8, 4) is 5.75 Å². The van der Waals surface area contributed by atoms with Crippen molar-refractivity contribution in [1.82, 2.24) is 5.43 Å². The Hall–Kier alpha value is -0.620. The molecule has 1 aromatic carbocycles. The fourth-order valence-electron chi connectivity index (χ4n) is 2.15. The number of hydrazine groups is 1. The smallest absolute Gasteiger partial charge is 0.119 e. The molecular weight excluding hydrogens is 308 g/mol. The third kappa shape index (κ3) is 5.48. The van der Waals surface area contributed by atoms with Gasteiger partial charge in [0.15, 0.2) is 0 Å². The molecule has 4 nitrogen and oxygen atoms in total. The molecule has 0 spiro atoms. The summed E-state index contributed by atoms with van der Waals surface area (Å²) in [4.78, 5) is 0. The molecule has 0 aromatic heterocycles. The molecule has 2 atom stereocenters. The second-order valence-corrected chi connectivity index (χ2v) is 5.68. The Bertz CT molecular complexity index is 388.